The lowest BCUT2D eigenvalue weighted by atomic mass is 9.99. The van der Waals surface area contributed by atoms with E-state index in [-0.39, 0.29) is 18.5 Å². The number of morpholine rings is 1. The van der Waals surface area contributed by atoms with E-state index in [0.29, 0.717) is 19.0 Å². The van der Waals surface area contributed by atoms with Crippen molar-refractivity contribution in [3.8, 4) is 0 Å². The monoisotopic (exact) mass is 298 g/mol. The number of nitrogens with zero attached hydrogens (tertiary/aromatic N) is 1. The van der Waals surface area contributed by atoms with Crippen molar-refractivity contribution in [1.29, 1.82) is 0 Å². The minimum absolute atomic E-state index is 0.00642. The molecule has 2 amide bonds. The molecule has 1 aliphatic heterocycles. The Hall–Kier alpha value is -1.30. The first kappa shape index (κ1) is 16.1. The summed E-state index contributed by atoms with van der Waals surface area (Å²) in [5.74, 6) is -0.554. The predicted molar refractivity (Wildman–Crippen MR) is 78.1 cm³/mol. The van der Waals surface area contributed by atoms with Gasteiger partial charge in [0.05, 0.1) is 30.7 Å². The fraction of sp³-hybridized carbons (Fsp3) is 0.867. The minimum atomic E-state index is -0.866. The van der Waals surface area contributed by atoms with Crippen molar-refractivity contribution < 1.29 is 19.4 Å². The molecule has 6 heteroatoms. The highest BCUT2D eigenvalue weighted by Gasteiger charge is 2.41. The number of rotatable bonds is 4. The molecule has 21 heavy (non-hydrogen) atoms. The van der Waals surface area contributed by atoms with Gasteiger partial charge in [-0.3, -0.25) is 4.79 Å². The number of amides is 2. The number of nitrogens with one attached hydrogen (secondary N) is 1. The van der Waals surface area contributed by atoms with Gasteiger partial charge in [0.15, 0.2) is 0 Å². The van der Waals surface area contributed by atoms with Gasteiger partial charge in [-0.1, -0.05) is 0 Å². The molecule has 2 N–H and O–H groups in total. The van der Waals surface area contributed by atoms with Crippen molar-refractivity contribution in [3.05, 3.63) is 0 Å². The summed E-state index contributed by atoms with van der Waals surface area (Å²) in [6, 6.07) is -0.443. The zero-order valence-electron chi connectivity index (χ0n) is 13.3. The number of hydrogen-bond acceptors (Lipinski definition) is 3. The van der Waals surface area contributed by atoms with E-state index >= 15 is 0 Å². The average molecular weight is 298 g/mol. The van der Waals surface area contributed by atoms with Crippen molar-refractivity contribution in [3.63, 3.8) is 0 Å². The van der Waals surface area contributed by atoms with E-state index in [4.69, 9.17) is 9.84 Å². The Balaban J connectivity index is 1.99. The number of aliphatic carboxylic acids is 1. The Labute approximate surface area is 125 Å². The van der Waals surface area contributed by atoms with Crippen LogP contribution < -0.4 is 5.32 Å². The summed E-state index contributed by atoms with van der Waals surface area (Å²) in [7, 11) is 0. The Morgan fingerprint density at radius 2 is 1.76 bits per heavy atom. The van der Waals surface area contributed by atoms with Gasteiger partial charge < -0.3 is 20.1 Å². The summed E-state index contributed by atoms with van der Waals surface area (Å²) in [5, 5.41) is 11.9. The van der Waals surface area contributed by atoms with Crippen molar-refractivity contribution in [2.75, 3.05) is 13.1 Å². The third-order valence-electron chi connectivity index (χ3n) is 3.88. The van der Waals surface area contributed by atoms with Crippen molar-refractivity contribution in [2.45, 2.75) is 64.2 Å². The summed E-state index contributed by atoms with van der Waals surface area (Å²) in [6.45, 7) is 8.86. The Kier molecular flexibility index (Phi) is 4.19. The quantitative estimate of drug-likeness (QED) is 0.830. The molecule has 1 saturated carbocycles. The SMILES string of the molecule is CC1(C)CN(C(=O)NC(CC(=O)O)C2CC2)CC(C)(C)O1. The van der Waals surface area contributed by atoms with Crippen LogP contribution in [0.4, 0.5) is 4.79 Å². The van der Waals surface area contributed by atoms with Gasteiger partial charge in [-0.25, -0.2) is 4.79 Å². The summed E-state index contributed by atoms with van der Waals surface area (Å²) < 4.78 is 5.96. The molecule has 0 radical (unpaired) electrons. The first-order chi connectivity index (χ1) is 9.58. The van der Waals surface area contributed by atoms with Gasteiger partial charge in [0.25, 0.3) is 0 Å². The van der Waals surface area contributed by atoms with Crippen LogP contribution in [-0.2, 0) is 9.53 Å². The second-order valence-electron chi connectivity index (χ2n) is 7.47. The predicted octanol–water partition coefficient (Wildman–Crippen LogP) is 1.84. The summed E-state index contributed by atoms with van der Waals surface area (Å²) in [6.07, 6.45) is 1.99. The van der Waals surface area contributed by atoms with Crippen molar-refractivity contribution in [1.82, 2.24) is 10.2 Å². The van der Waals surface area contributed by atoms with Crippen LogP contribution in [0.5, 0.6) is 0 Å². The van der Waals surface area contributed by atoms with Crippen LogP contribution >= 0.6 is 0 Å². The fourth-order valence-corrected chi connectivity index (χ4v) is 3.20. The molecule has 1 heterocycles. The van der Waals surface area contributed by atoms with Gasteiger partial charge in [0, 0.05) is 6.04 Å². The number of ether oxygens (including phenoxy) is 1. The molecule has 0 bridgehead atoms. The second kappa shape index (κ2) is 5.48. The Morgan fingerprint density at radius 1 is 1.24 bits per heavy atom. The second-order valence-corrected chi connectivity index (χ2v) is 7.47. The molecule has 0 aromatic rings. The highest BCUT2D eigenvalue weighted by atomic mass is 16.5. The molecule has 1 atom stereocenters. The van der Waals surface area contributed by atoms with Gasteiger partial charge >= 0.3 is 12.0 Å². The van der Waals surface area contributed by atoms with Crippen LogP contribution in [0, 0.1) is 5.92 Å². The van der Waals surface area contributed by atoms with Crippen LogP contribution in [0.2, 0.25) is 0 Å². The summed E-state index contributed by atoms with van der Waals surface area (Å²) in [4.78, 5) is 25.1. The van der Waals surface area contributed by atoms with Crippen molar-refractivity contribution >= 4 is 12.0 Å². The molecule has 2 rings (SSSR count). The van der Waals surface area contributed by atoms with E-state index in [1.54, 1.807) is 4.90 Å². The van der Waals surface area contributed by atoms with Crippen LogP contribution in [0.15, 0.2) is 0 Å². The maximum absolute atomic E-state index is 12.5. The van der Waals surface area contributed by atoms with E-state index < -0.39 is 17.2 Å². The summed E-state index contributed by atoms with van der Waals surface area (Å²) in [5.41, 5.74) is -0.804. The molecule has 2 aliphatic rings. The number of carbonyl (C=O) groups is 2. The molecule has 0 aromatic heterocycles. The Morgan fingerprint density at radius 3 is 2.19 bits per heavy atom. The number of carboxylic acids is 1. The Bertz CT molecular complexity index is 413. The molecule has 1 unspecified atom stereocenters. The number of carbonyl (C=O) groups excluding carboxylic acids is 1. The molecule has 1 saturated heterocycles. The van der Waals surface area contributed by atoms with Gasteiger partial charge in [-0.15, -0.1) is 0 Å². The first-order valence-corrected chi connectivity index (χ1v) is 7.55. The zero-order valence-corrected chi connectivity index (χ0v) is 13.3. The zero-order chi connectivity index (χ0) is 15.8. The fourth-order valence-electron chi connectivity index (χ4n) is 3.20. The lowest BCUT2D eigenvalue weighted by Gasteiger charge is -2.47. The minimum Gasteiger partial charge on any atom is -0.481 e. The highest BCUT2D eigenvalue weighted by Crippen LogP contribution is 2.34. The van der Waals surface area contributed by atoms with E-state index in [0.717, 1.165) is 12.8 Å². The molecule has 6 nitrogen and oxygen atoms in total. The topological polar surface area (TPSA) is 78.9 Å². The highest BCUT2D eigenvalue weighted by molar-refractivity contribution is 5.76. The maximum atomic E-state index is 12.5. The molecule has 120 valence electrons. The van der Waals surface area contributed by atoms with Crippen molar-refractivity contribution in [2.24, 2.45) is 5.92 Å². The smallest absolute Gasteiger partial charge is 0.317 e. The number of hydrogen-bond donors (Lipinski definition) is 2. The van der Waals surface area contributed by atoms with E-state index in [2.05, 4.69) is 5.32 Å². The standard InChI is InChI=1S/C15H26N2O4/c1-14(2)8-17(9-15(3,4)21-14)13(20)16-11(7-12(18)19)10-5-6-10/h10-11H,5-9H2,1-4H3,(H,16,20)(H,18,19). The van der Waals surface area contributed by atoms with Crippen LogP contribution in [0.1, 0.15) is 47.0 Å². The normalized spacial score (nSPS) is 25.2. The molecule has 1 aliphatic carbocycles. The lowest BCUT2D eigenvalue weighted by Crippen LogP contribution is -2.61. The van der Waals surface area contributed by atoms with Crippen LogP contribution in [0.3, 0.4) is 0 Å². The van der Waals surface area contributed by atoms with Gasteiger partial charge in [-0.2, -0.15) is 0 Å². The molecular formula is C15H26N2O4. The molecule has 0 spiro atoms. The van der Waals surface area contributed by atoms with E-state index in [1.807, 2.05) is 27.7 Å². The largest absolute Gasteiger partial charge is 0.481 e. The van der Waals surface area contributed by atoms with Gasteiger partial charge in [-0.05, 0) is 46.5 Å². The molecular weight excluding hydrogens is 272 g/mol. The molecule has 0 aromatic carbocycles. The van der Waals surface area contributed by atoms with E-state index in [9.17, 15) is 9.59 Å². The van der Waals surface area contributed by atoms with Crippen LogP contribution in [0.25, 0.3) is 0 Å². The van der Waals surface area contributed by atoms with Crippen LogP contribution in [-0.4, -0.2) is 52.3 Å². The maximum Gasteiger partial charge on any atom is 0.317 e. The molecule has 2 fully saturated rings. The van der Waals surface area contributed by atoms with Gasteiger partial charge in [0.1, 0.15) is 0 Å². The summed E-state index contributed by atoms with van der Waals surface area (Å²) >= 11 is 0. The number of urea groups is 1. The first-order valence-electron chi connectivity index (χ1n) is 7.55. The lowest BCUT2D eigenvalue weighted by molar-refractivity contribution is -0.170. The number of carboxylic acid groups (broad SMARTS) is 1. The average Bonchev–Trinajstić information content (AvgIpc) is 3.06. The van der Waals surface area contributed by atoms with Gasteiger partial charge in [0.2, 0.25) is 0 Å². The van der Waals surface area contributed by atoms with E-state index in [1.165, 1.54) is 0 Å². The third kappa shape index (κ3) is 4.59. The third-order valence-corrected chi connectivity index (χ3v) is 3.88.